The van der Waals surface area contributed by atoms with E-state index in [2.05, 4.69) is 15.6 Å². The summed E-state index contributed by atoms with van der Waals surface area (Å²) in [6.07, 6.45) is 0. The summed E-state index contributed by atoms with van der Waals surface area (Å²) in [5.74, 6) is -0.741. The van der Waals surface area contributed by atoms with E-state index in [1.54, 1.807) is 6.92 Å². The number of carbonyl (C=O) groups is 2. The van der Waals surface area contributed by atoms with Crippen molar-refractivity contribution in [1.29, 1.82) is 0 Å². The Kier molecular flexibility index (Phi) is 6.30. The largest absolute Gasteiger partial charge is 0.350 e. The number of hydrogen-bond donors (Lipinski definition) is 4. The number of aryl methyl sites for hydroxylation is 2. The molecular weight excluding hydrogens is 284 g/mol. The number of carbonyl (C=O) groups excluding carboxylic acids is 2. The summed E-state index contributed by atoms with van der Waals surface area (Å²) in [7, 11) is 0. The number of nitrogens with two attached hydrogens (primary N) is 1. The van der Waals surface area contributed by atoms with E-state index in [0.717, 1.165) is 11.3 Å². The highest BCUT2D eigenvalue weighted by Crippen LogP contribution is 2.02. The Bertz CT molecular complexity index is 607. The molecule has 0 radical (unpaired) electrons. The maximum atomic E-state index is 11.8. The minimum Gasteiger partial charge on any atom is -0.350 e. The normalized spacial score (nSPS) is 12.1. The lowest BCUT2D eigenvalue weighted by Gasteiger charge is -2.15. The second-order valence-corrected chi connectivity index (χ2v) is 5.71. The fourth-order valence-electron chi connectivity index (χ4n) is 1.94. The monoisotopic (exact) mass is 308 g/mol. The number of amides is 2. The fraction of sp³-hybridized carbons (Fsp3) is 0.533. The minimum atomic E-state index is -0.644. The average molecular weight is 308 g/mol. The summed E-state index contributed by atoms with van der Waals surface area (Å²) in [4.78, 5) is 37.9. The zero-order valence-electron chi connectivity index (χ0n) is 13.4. The Hall–Kier alpha value is -2.15. The van der Waals surface area contributed by atoms with Gasteiger partial charge in [-0.2, -0.15) is 0 Å². The number of aromatic nitrogens is 1. The molecule has 7 heteroatoms. The van der Waals surface area contributed by atoms with Gasteiger partial charge in [-0.25, -0.2) is 0 Å². The van der Waals surface area contributed by atoms with Gasteiger partial charge in [0.15, 0.2) is 0 Å². The van der Waals surface area contributed by atoms with E-state index >= 15 is 0 Å². The lowest BCUT2D eigenvalue weighted by atomic mass is 10.1. The highest BCUT2D eigenvalue weighted by atomic mass is 16.2. The third kappa shape index (κ3) is 5.00. The van der Waals surface area contributed by atoms with E-state index in [-0.39, 0.29) is 36.4 Å². The lowest BCUT2D eigenvalue weighted by Crippen LogP contribution is -2.47. The lowest BCUT2D eigenvalue weighted by molar-refractivity contribution is -0.127. The molecule has 0 spiro atoms. The Morgan fingerprint density at radius 3 is 2.45 bits per heavy atom. The van der Waals surface area contributed by atoms with Crippen molar-refractivity contribution in [2.24, 2.45) is 11.7 Å². The molecular formula is C15H24N4O3. The van der Waals surface area contributed by atoms with Crippen LogP contribution in [0.4, 0.5) is 0 Å². The molecule has 122 valence electrons. The molecule has 1 atom stereocenters. The van der Waals surface area contributed by atoms with Crippen LogP contribution in [0.1, 0.15) is 30.7 Å². The van der Waals surface area contributed by atoms with Crippen molar-refractivity contribution in [3.05, 3.63) is 33.2 Å². The van der Waals surface area contributed by atoms with Gasteiger partial charge in [0.25, 0.3) is 5.56 Å². The standard InChI is InChI=1S/C15H24N4O3/c1-8(2)13(16)15(22)18-7-12(20)17-6-11-9(3)5-10(4)19-14(11)21/h5,8,13H,6-7,16H2,1-4H3,(H,17,20)(H,18,22)(H,19,21)/t13-/m0/s1. The third-order valence-electron chi connectivity index (χ3n) is 3.40. The summed E-state index contributed by atoms with van der Waals surface area (Å²) in [5.41, 5.74) is 7.54. The maximum Gasteiger partial charge on any atom is 0.253 e. The molecule has 0 saturated heterocycles. The maximum absolute atomic E-state index is 11.8. The van der Waals surface area contributed by atoms with E-state index in [0.29, 0.717) is 5.56 Å². The van der Waals surface area contributed by atoms with Gasteiger partial charge in [-0.15, -0.1) is 0 Å². The Morgan fingerprint density at radius 2 is 1.91 bits per heavy atom. The quantitative estimate of drug-likeness (QED) is 0.577. The predicted molar refractivity (Wildman–Crippen MR) is 84.2 cm³/mol. The first-order valence-corrected chi connectivity index (χ1v) is 7.21. The number of hydrogen-bond acceptors (Lipinski definition) is 4. The molecule has 2 amide bonds. The van der Waals surface area contributed by atoms with Gasteiger partial charge in [0, 0.05) is 17.8 Å². The molecule has 1 aromatic rings. The smallest absolute Gasteiger partial charge is 0.253 e. The Balaban J connectivity index is 2.51. The van der Waals surface area contributed by atoms with Crippen LogP contribution in [0.5, 0.6) is 0 Å². The molecule has 1 heterocycles. The molecule has 0 aliphatic carbocycles. The van der Waals surface area contributed by atoms with Crippen LogP contribution in [-0.4, -0.2) is 29.4 Å². The van der Waals surface area contributed by atoms with Crippen LogP contribution in [0.2, 0.25) is 0 Å². The van der Waals surface area contributed by atoms with Crippen LogP contribution < -0.4 is 21.9 Å². The molecule has 0 unspecified atom stereocenters. The van der Waals surface area contributed by atoms with Crippen molar-refractivity contribution in [3.8, 4) is 0 Å². The molecule has 7 nitrogen and oxygen atoms in total. The van der Waals surface area contributed by atoms with E-state index in [1.165, 1.54) is 0 Å². The number of pyridine rings is 1. The molecule has 0 aliphatic heterocycles. The molecule has 1 aromatic heterocycles. The molecule has 0 fully saturated rings. The molecule has 0 saturated carbocycles. The van der Waals surface area contributed by atoms with E-state index in [1.807, 2.05) is 26.8 Å². The van der Waals surface area contributed by atoms with Gasteiger partial charge in [-0.1, -0.05) is 13.8 Å². The second kappa shape index (κ2) is 7.74. The zero-order chi connectivity index (χ0) is 16.9. The van der Waals surface area contributed by atoms with Gasteiger partial charge in [0.2, 0.25) is 11.8 Å². The van der Waals surface area contributed by atoms with Crippen molar-refractivity contribution in [2.75, 3.05) is 6.54 Å². The second-order valence-electron chi connectivity index (χ2n) is 5.71. The van der Waals surface area contributed by atoms with E-state index in [4.69, 9.17) is 5.73 Å². The summed E-state index contributed by atoms with van der Waals surface area (Å²) in [5, 5.41) is 5.09. The summed E-state index contributed by atoms with van der Waals surface area (Å²) in [6, 6.07) is 1.20. The summed E-state index contributed by atoms with van der Waals surface area (Å²) >= 11 is 0. The summed E-state index contributed by atoms with van der Waals surface area (Å²) < 4.78 is 0. The fourth-order valence-corrected chi connectivity index (χ4v) is 1.94. The third-order valence-corrected chi connectivity index (χ3v) is 3.40. The van der Waals surface area contributed by atoms with Crippen LogP contribution >= 0.6 is 0 Å². The van der Waals surface area contributed by atoms with Crippen LogP contribution in [0.15, 0.2) is 10.9 Å². The van der Waals surface area contributed by atoms with Crippen LogP contribution in [0.25, 0.3) is 0 Å². The van der Waals surface area contributed by atoms with Gasteiger partial charge in [-0.05, 0) is 31.4 Å². The van der Waals surface area contributed by atoms with E-state index in [9.17, 15) is 14.4 Å². The first-order chi connectivity index (χ1) is 10.2. The zero-order valence-corrected chi connectivity index (χ0v) is 13.4. The molecule has 1 rings (SSSR count). The van der Waals surface area contributed by atoms with Crippen molar-refractivity contribution >= 4 is 11.8 Å². The van der Waals surface area contributed by atoms with Gasteiger partial charge in [0.1, 0.15) is 0 Å². The van der Waals surface area contributed by atoms with Crippen LogP contribution in [0, 0.1) is 19.8 Å². The van der Waals surface area contributed by atoms with Gasteiger partial charge in [-0.3, -0.25) is 14.4 Å². The Labute approximate surface area is 129 Å². The molecule has 0 bridgehead atoms. The van der Waals surface area contributed by atoms with E-state index < -0.39 is 6.04 Å². The SMILES string of the molecule is Cc1cc(C)c(CNC(=O)CNC(=O)[C@@H](N)C(C)C)c(=O)[nH]1. The first kappa shape index (κ1) is 17.9. The Morgan fingerprint density at radius 1 is 1.27 bits per heavy atom. The first-order valence-electron chi connectivity index (χ1n) is 7.21. The van der Waals surface area contributed by atoms with Crippen LogP contribution in [0.3, 0.4) is 0 Å². The minimum absolute atomic E-state index is 0.00294. The number of nitrogens with one attached hydrogen (secondary N) is 3. The van der Waals surface area contributed by atoms with Crippen molar-refractivity contribution < 1.29 is 9.59 Å². The highest BCUT2D eigenvalue weighted by molar-refractivity contribution is 5.87. The highest BCUT2D eigenvalue weighted by Gasteiger charge is 2.17. The van der Waals surface area contributed by atoms with Gasteiger partial charge in [0.05, 0.1) is 12.6 Å². The molecule has 0 aliphatic rings. The number of rotatable bonds is 6. The molecule has 5 N–H and O–H groups in total. The number of aromatic amines is 1. The van der Waals surface area contributed by atoms with Crippen LogP contribution in [-0.2, 0) is 16.1 Å². The van der Waals surface area contributed by atoms with Crippen molar-refractivity contribution in [1.82, 2.24) is 15.6 Å². The average Bonchev–Trinajstić information content (AvgIpc) is 2.42. The van der Waals surface area contributed by atoms with Gasteiger partial charge >= 0.3 is 0 Å². The van der Waals surface area contributed by atoms with Crippen molar-refractivity contribution in [2.45, 2.75) is 40.3 Å². The number of H-pyrrole nitrogens is 1. The molecule has 0 aromatic carbocycles. The topological polar surface area (TPSA) is 117 Å². The van der Waals surface area contributed by atoms with Crippen molar-refractivity contribution in [3.63, 3.8) is 0 Å². The van der Waals surface area contributed by atoms with Gasteiger partial charge < -0.3 is 21.4 Å². The molecule has 22 heavy (non-hydrogen) atoms. The summed E-state index contributed by atoms with van der Waals surface area (Å²) in [6.45, 7) is 7.22. The predicted octanol–water partition coefficient (Wildman–Crippen LogP) is -0.293.